The van der Waals surface area contributed by atoms with Crippen molar-refractivity contribution in [1.29, 1.82) is 0 Å². The van der Waals surface area contributed by atoms with Crippen molar-refractivity contribution < 1.29 is 18.8 Å². The van der Waals surface area contributed by atoms with E-state index in [-0.39, 0.29) is 11.3 Å². The summed E-state index contributed by atoms with van der Waals surface area (Å²) in [6.45, 7) is 0. The van der Waals surface area contributed by atoms with Gasteiger partial charge in [0.15, 0.2) is 0 Å². The van der Waals surface area contributed by atoms with Crippen LogP contribution in [0.25, 0.3) is 6.08 Å². The molecule has 0 radical (unpaired) electrons. The lowest BCUT2D eigenvalue weighted by molar-refractivity contribution is -0.122. The second-order valence-electron chi connectivity index (χ2n) is 5.23. The minimum absolute atomic E-state index is 0.175. The molecule has 1 fully saturated rings. The summed E-state index contributed by atoms with van der Waals surface area (Å²) in [6, 6.07) is 13.3. The van der Waals surface area contributed by atoms with Gasteiger partial charge in [0.25, 0.3) is 11.8 Å². The quantitative estimate of drug-likeness (QED) is 0.692. The van der Waals surface area contributed by atoms with Crippen molar-refractivity contribution in [3.05, 3.63) is 83.7 Å². The van der Waals surface area contributed by atoms with Crippen LogP contribution in [0.1, 0.15) is 5.56 Å². The van der Waals surface area contributed by atoms with Gasteiger partial charge in [-0.25, -0.2) is 14.1 Å². The molecule has 6 heteroatoms. The number of allylic oxidation sites excluding steroid dienone is 2. The third-order valence-corrected chi connectivity index (χ3v) is 3.54. The van der Waals surface area contributed by atoms with Gasteiger partial charge in [0.1, 0.15) is 11.4 Å². The monoisotopic (exact) mass is 336 g/mol. The van der Waals surface area contributed by atoms with Crippen molar-refractivity contribution in [2.75, 3.05) is 4.90 Å². The van der Waals surface area contributed by atoms with E-state index < -0.39 is 23.7 Å². The number of hydrogen-bond acceptors (Lipinski definition) is 3. The molecule has 2 aromatic rings. The number of rotatable bonds is 3. The Morgan fingerprint density at radius 1 is 0.920 bits per heavy atom. The zero-order chi connectivity index (χ0) is 17.8. The lowest BCUT2D eigenvalue weighted by Gasteiger charge is -2.26. The van der Waals surface area contributed by atoms with Crippen molar-refractivity contribution >= 4 is 29.6 Å². The summed E-state index contributed by atoms with van der Waals surface area (Å²) in [4.78, 5) is 37.2. The topological polar surface area (TPSA) is 66.5 Å². The Kier molecular flexibility index (Phi) is 4.52. The molecule has 0 spiro atoms. The molecule has 1 aliphatic rings. The SMILES string of the molecule is O=C1NC(=O)N(c2ccc(F)cc2)C(=O)/C1=C/C=C/c1ccccc1. The molecule has 1 heterocycles. The van der Waals surface area contributed by atoms with Crippen LogP contribution in [-0.4, -0.2) is 17.8 Å². The summed E-state index contributed by atoms with van der Waals surface area (Å²) in [5.41, 5.74) is 0.889. The minimum atomic E-state index is -0.870. The second-order valence-corrected chi connectivity index (χ2v) is 5.23. The first-order valence-electron chi connectivity index (χ1n) is 7.45. The van der Waals surface area contributed by atoms with Gasteiger partial charge in [0.2, 0.25) is 0 Å². The van der Waals surface area contributed by atoms with E-state index in [4.69, 9.17) is 0 Å². The smallest absolute Gasteiger partial charge is 0.273 e. The van der Waals surface area contributed by atoms with E-state index in [2.05, 4.69) is 5.32 Å². The van der Waals surface area contributed by atoms with Crippen LogP contribution in [0, 0.1) is 5.82 Å². The number of nitrogens with zero attached hydrogens (tertiary/aromatic N) is 1. The molecule has 0 aliphatic carbocycles. The zero-order valence-electron chi connectivity index (χ0n) is 13.0. The molecule has 4 amide bonds. The highest BCUT2D eigenvalue weighted by molar-refractivity contribution is 6.37. The number of anilines is 1. The molecule has 124 valence electrons. The van der Waals surface area contributed by atoms with E-state index in [1.807, 2.05) is 30.3 Å². The van der Waals surface area contributed by atoms with Gasteiger partial charge in [-0.3, -0.25) is 14.9 Å². The molecular formula is C19H13FN2O3. The van der Waals surface area contributed by atoms with Crippen molar-refractivity contribution in [2.24, 2.45) is 0 Å². The first-order valence-corrected chi connectivity index (χ1v) is 7.45. The van der Waals surface area contributed by atoms with Crippen LogP contribution >= 0.6 is 0 Å². The van der Waals surface area contributed by atoms with Crippen LogP contribution in [0.4, 0.5) is 14.9 Å². The predicted molar refractivity (Wildman–Crippen MR) is 91.0 cm³/mol. The molecule has 0 saturated carbocycles. The summed E-state index contributed by atoms with van der Waals surface area (Å²) >= 11 is 0. The molecule has 5 nitrogen and oxygen atoms in total. The van der Waals surface area contributed by atoms with Gasteiger partial charge in [0, 0.05) is 0 Å². The van der Waals surface area contributed by atoms with Gasteiger partial charge < -0.3 is 0 Å². The Morgan fingerprint density at radius 2 is 1.60 bits per heavy atom. The number of halogens is 1. The lowest BCUT2D eigenvalue weighted by atomic mass is 10.1. The molecule has 0 aromatic heterocycles. The molecule has 1 aliphatic heterocycles. The van der Waals surface area contributed by atoms with Gasteiger partial charge in [-0.05, 0) is 35.9 Å². The average Bonchev–Trinajstić information content (AvgIpc) is 2.60. The number of amides is 4. The molecule has 0 unspecified atom stereocenters. The van der Waals surface area contributed by atoms with E-state index in [0.29, 0.717) is 0 Å². The van der Waals surface area contributed by atoms with Crippen LogP contribution in [0.5, 0.6) is 0 Å². The van der Waals surface area contributed by atoms with Crippen molar-refractivity contribution in [1.82, 2.24) is 5.32 Å². The van der Waals surface area contributed by atoms with Crippen LogP contribution in [0.15, 0.2) is 72.3 Å². The summed E-state index contributed by atoms with van der Waals surface area (Å²) in [7, 11) is 0. The van der Waals surface area contributed by atoms with Crippen LogP contribution in [-0.2, 0) is 9.59 Å². The van der Waals surface area contributed by atoms with E-state index >= 15 is 0 Å². The van der Waals surface area contributed by atoms with Crippen LogP contribution < -0.4 is 10.2 Å². The summed E-state index contributed by atoms with van der Waals surface area (Å²) in [5.74, 6) is -2.03. The van der Waals surface area contributed by atoms with Crippen LogP contribution in [0.3, 0.4) is 0 Å². The van der Waals surface area contributed by atoms with Crippen molar-refractivity contribution in [2.45, 2.75) is 0 Å². The summed E-state index contributed by atoms with van der Waals surface area (Å²) < 4.78 is 13.0. The van der Waals surface area contributed by atoms with Crippen LogP contribution in [0.2, 0.25) is 0 Å². The fraction of sp³-hybridized carbons (Fsp3) is 0. The maximum absolute atomic E-state index is 13.0. The molecule has 3 rings (SSSR count). The minimum Gasteiger partial charge on any atom is -0.273 e. The number of nitrogens with one attached hydrogen (secondary N) is 1. The molecule has 1 N–H and O–H groups in total. The molecule has 0 bridgehead atoms. The number of imide groups is 2. The summed E-state index contributed by atoms with van der Waals surface area (Å²) in [6.07, 6.45) is 4.63. The Balaban J connectivity index is 1.88. The van der Waals surface area contributed by atoms with E-state index in [0.717, 1.165) is 22.6 Å². The Hall–Kier alpha value is -3.54. The van der Waals surface area contributed by atoms with Crippen molar-refractivity contribution in [3.8, 4) is 0 Å². The molecule has 25 heavy (non-hydrogen) atoms. The Morgan fingerprint density at radius 3 is 2.28 bits per heavy atom. The third-order valence-electron chi connectivity index (χ3n) is 3.54. The van der Waals surface area contributed by atoms with Gasteiger partial charge in [-0.2, -0.15) is 0 Å². The fourth-order valence-electron chi connectivity index (χ4n) is 2.32. The Bertz CT molecular complexity index is 887. The molecule has 1 saturated heterocycles. The fourth-order valence-corrected chi connectivity index (χ4v) is 2.32. The van der Waals surface area contributed by atoms with Gasteiger partial charge in [0.05, 0.1) is 5.69 Å². The largest absolute Gasteiger partial charge is 0.335 e. The summed E-state index contributed by atoms with van der Waals surface area (Å²) in [5, 5.41) is 2.10. The van der Waals surface area contributed by atoms with Crippen molar-refractivity contribution in [3.63, 3.8) is 0 Å². The predicted octanol–water partition coefficient (Wildman–Crippen LogP) is 3.05. The van der Waals surface area contributed by atoms with E-state index in [1.54, 1.807) is 12.2 Å². The standard InChI is InChI=1S/C19H13FN2O3/c20-14-9-11-15(12-10-14)22-18(24)16(17(23)21-19(22)25)8-4-7-13-5-2-1-3-6-13/h1-12H,(H,21,23,25)/b7-4+,16-8+. The normalized spacial score (nSPS) is 16.6. The highest BCUT2D eigenvalue weighted by Crippen LogP contribution is 2.20. The van der Waals surface area contributed by atoms with Gasteiger partial charge >= 0.3 is 6.03 Å². The zero-order valence-corrected chi connectivity index (χ0v) is 13.0. The molecule has 2 aromatic carbocycles. The molecule has 0 atom stereocenters. The van der Waals surface area contributed by atoms with E-state index in [9.17, 15) is 18.8 Å². The third kappa shape index (κ3) is 3.53. The maximum Gasteiger partial charge on any atom is 0.335 e. The highest BCUT2D eigenvalue weighted by Gasteiger charge is 2.36. The number of carbonyl (C=O) groups is 3. The van der Waals surface area contributed by atoms with Gasteiger partial charge in [-0.15, -0.1) is 0 Å². The Labute approximate surface area is 143 Å². The first-order chi connectivity index (χ1) is 12.1. The molecular weight excluding hydrogens is 323 g/mol. The number of hydrogen-bond donors (Lipinski definition) is 1. The number of barbiturate groups is 1. The maximum atomic E-state index is 13.0. The van der Waals surface area contributed by atoms with Gasteiger partial charge in [-0.1, -0.05) is 42.5 Å². The highest BCUT2D eigenvalue weighted by atomic mass is 19.1. The second kappa shape index (κ2) is 6.92. The number of urea groups is 1. The first kappa shape index (κ1) is 16.3. The number of carbonyl (C=O) groups excluding carboxylic acids is 3. The average molecular weight is 336 g/mol. The van der Waals surface area contributed by atoms with E-state index in [1.165, 1.54) is 18.2 Å². The number of benzene rings is 2. The lowest BCUT2D eigenvalue weighted by Crippen LogP contribution is -2.54.